The number of amides is 2. The molecular formula is C23H23F2N3O2S. The average molecular weight is 444 g/mol. The molecule has 2 N–H and O–H groups in total. The Morgan fingerprint density at radius 2 is 1.87 bits per heavy atom. The third kappa shape index (κ3) is 5.02. The lowest BCUT2D eigenvalue weighted by molar-refractivity contribution is 0.202. The molecule has 1 saturated carbocycles. The summed E-state index contributed by atoms with van der Waals surface area (Å²) in [6.07, 6.45) is 5.85. The molecule has 1 aliphatic carbocycles. The fraction of sp³-hybridized carbons (Fsp3) is 0.304. The number of hydrogen-bond acceptors (Lipinski definition) is 4. The number of carbonyl (C=O) groups excluding carboxylic acids is 1. The highest BCUT2D eigenvalue weighted by Gasteiger charge is 2.21. The van der Waals surface area contributed by atoms with Gasteiger partial charge in [-0.05, 0) is 55.2 Å². The van der Waals surface area contributed by atoms with Crippen LogP contribution >= 0.6 is 11.3 Å². The van der Waals surface area contributed by atoms with E-state index in [4.69, 9.17) is 10.5 Å². The van der Waals surface area contributed by atoms with Gasteiger partial charge >= 0.3 is 6.03 Å². The summed E-state index contributed by atoms with van der Waals surface area (Å²) in [5.74, 6) is -0.297. The highest BCUT2D eigenvalue weighted by Crippen LogP contribution is 2.34. The van der Waals surface area contributed by atoms with Crippen LogP contribution in [0.5, 0.6) is 5.75 Å². The van der Waals surface area contributed by atoms with Gasteiger partial charge in [-0.25, -0.2) is 23.5 Å². The van der Waals surface area contributed by atoms with Gasteiger partial charge in [0.15, 0.2) is 16.7 Å². The Morgan fingerprint density at radius 3 is 2.55 bits per heavy atom. The number of nitrogens with zero attached hydrogens (tertiary/aromatic N) is 2. The molecule has 2 aromatic carbocycles. The van der Waals surface area contributed by atoms with E-state index in [0.29, 0.717) is 28.9 Å². The number of rotatable bonds is 6. The van der Waals surface area contributed by atoms with Crippen molar-refractivity contribution < 1.29 is 18.3 Å². The molecule has 1 heterocycles. The lowest BCUT2D eigenvalue weighted by Gasteiger charge is -2.22. The van der Waals surface area contributed by atoms with Gasteiger partial charge in [-0.15, -0.1) is 11.3 Å². The zero-order valence-electron chi connectivity index (χ0n) is 16.9. The second-order valence-corrected chi connectivity index (χ2v) is 8.46. The largest absolute Gasteiger partial charge is 0.490 e. The Morgan fingerprint density at radius 1 is 1.13 bits per heavy atom. The van der Waals surface area contributed by atoms with E-state index in [1.807, 2.05) is 0 Å². The quantitative estimate of drug-likeness (QED) is 0.489. The van der Waals surface area contributed by atoms with Crippen LogP contribution in [0, 0.1) is 17.6 Å². The lowest BCUT2D eigenvalue weighted by atomic mass is 9.90. The zero-order valence-corrected chi connectivity index (χ0v) is 17.7. The lowest BCUT2D eigenvalue weighted by Crippen LogP contribution is -2.31. The summed E-state index contributed by atoms with van der Waals surface area (Å²) < 4.78 is 33.6. The Balaban J connectivity index is 1.52. The standard InChI is InChI=1S/C23H23F2N3O2S/c24-17-8-6-16(7-9-17)20-14-31-23(27-20)28(22(26)29)18-10-11-21(19(25)12-18)30-13-15-4-2-1-3-5-15/h6-12,14-15H,1-5,13H2,(H2,26,29). The van der Waals surface area contributed by atoms with E-state index in [1.165, 1.54) is 54.9 Å². The van der Waals surface area contributed by atoms with E-state index >= 15 is 0 Å². The van der Waals surface area contributed by atoms with Crippen LogP contribution in [0.25, 0.3) is 11.3 Å². The highest BCUT2D eigenvalue weighted by atomic mass is 32.1. The third-order valence-corrected chi connectivity index (χ3v) is 6.24. The van der Waals surface area contributed by atoms with Crippen molar-refractivity contribution in [1.29, 1.82) is 0 Å². The molecule has 3 aromatic rings. The number of thiazole rings is 1. The molecular weight excluding hydrogens is 420 g/mol. The molecule has 5 nitrogen and oxygen atoms in total. The number of carbonyl (C=O) groups is 1. The number of benzene rings is 2. The summed E-state index contributed by atoms with van der Waals surface area (Å²) in [5.41, 5.74) is 7.09. The predicted molar refractivity (Wildman–Crippen MR) is 118 cm³/mol. The van der Waals surface area contributed by atoms with E-state index in [1.54, 1.807) is 23.6 Å². The van der Waals surface area contributed by atoms with Crippen molar-refractivity contribution in [2.24, 2.45) is 11.7 Å². The van der Waals surface area contributed by atoms with Gasteiger partial charge < -0.3 is 10.5 Å². The molecule has 0 atom stereocenters. The van der Waals surface area contributed by atoms with Gasteiger partial charge in [0.1, 0.15) is 5.82 Å². The van der Waals surface area contributed by atoms with Crippen molar-refractivity contribution in [3.63, 3.8) is 0 Å². The number of hydrogen-bond donors (Lipinski definition) is 1. The maximum Gasteiger partial charge on any atom is 0.325 e. The number of primary amides is 1. The van der Waals surface area contributed by atoms with Crippen molar-refractivity contribution in [3.8, 4) is 17.0 Å². The smallest absolute Gasteiger partial charge is 0.325 e. The summed E-state index contributed by atoms with van der Waals surface area (Å²) >= 11 is 1.19. The molecule has 0 unspecified atom stereocenters. The van der Waals surface area contributed by atoms with Gasteiger partial charge in [-0.1, -0.05) is 19.3 Å². The van der Waals surface area contributed by atoms with E-state index in [2.05, 4.69) is 4.98 Å². The Hall–Kier alpha value is -3.00. The molecule has 162 valence electrons. The van der Waals surface area contributed by atoms with E-state index < -0.39 is 11.8 Å². The van der Waals surface area contributed by atoms with Gasteiger partial charge in [0.2, 0.25) is 0 Å². The van der Waals surface area contributed by atoms with Crippen LogP contribution in [0.3, 0.4) is 0 Å². The summed E-state index contributed by atoms with van der Waals surface area (Å²) in [6, 6.07) is 9.40. The van der Waals surface area contributed by atoms with Crippen molar-refractivity contribution >= 4 is 28.2 Å². The van der Waals surface area contributed by atoms with Gasteiger partial charge in [-0.3, -0.25) is 0 Å². The third-order valence-electron chi connectivity index (χ3n) is 5.42. The first-order chi connectivity index (χ1) is 15.0. The molecule has 0 bridgehead atoms. The number of urea groups is 1. The molecule has 2 amide bonds. The van der Waals surface area contributed by atoms with Crippen molar-refractivity contribution in [2.45, 2.75) is 32.1 Å². The second kappa shape index (κ2) is 9.43. The number of ether oxygens (including phenoxy) is 1. The fourth-order valence-corrected chi connectivity index (χ4v) is 4.62. The van der Waals surface area contributed by atoms with E-state index in [-0.39, 0.29) is 17.3 Å². The van der Waals surface area contributed by atoms with Crippen LogP contribution in [-0.4, -0.2) is 17.6 Å². The number of nitrogens with two attached hydrogens (primary N) is 1. The first kappa shape index (κ1) is 21.2. The normalized spacial score (nSPS) is 14.4. The Kier molecular flexibility index (Phi) is 6.46. The molecule has 4 rings (SSSR count). The SMILES string of the molecule is NC(=O)N(c1ccc(OCC2CCCCC2)c(F)c1)c1nc(-c2ccc(F)cc2)cs1. The van der Waals surface area contributed by atoms with Crippen molar-refractivity contribution in [1.82, 2.24) is 4.98 Å². The van der Waals surface area contributed by atoms with Gasteiger partial charge in [-0.2, -0.15) is 0 Å². The Labute approximate surface area is 183 Å². The molecule has 0 aliphatic heterocycles. The minimum Gasteiger partial charge on any atom is -0.490 e. The van der Waals surface area contributed by atoms with E-state index in [0.717, 1.165) is 17.7 Å². The van der Waals surface area contributed by atoms with Crippen LogP contribution in [0.1, 0.15) is 32.1 Å². The molecule has 8 heteroatoms. The van der Waals surface area contributed by atoms with Gasteiger partial charge in [0.05, 0.1) is 18.0 Å². The minimum atomic E-state index is -0.782. The average Bonchev–Trinajstić information content (AvgIpc) is 3.24. The van der Waals surface area contributed by atoms with Crippen LogP contribution in [0.15, 0.2) is 47.8 Å². The molecule has 0 spiro atoms. The minimum absolute atomic E-state index is 0.157. The zero-order chi connectivity index (χ0) is 21.8. The summed E-state index contributed by atoms with van der Waals surface area (Å²) in [4.78, 5) is 17.7. The predicted octanol–water partition coefficient (Wildman–Crippen LogP) is 6.26. The Bertz CT molecular complexity index is 1050. The highest BCUT2D eigenvalue weighted by molar-refractivity contribution is 7.14. The van der Waals surface area contributed by atoms with Gasteiger partial charge in [0.25, 0.3) is 0 Å². The van der Waals surface area contributed by atoms with E-state index in [9.17, 15) is 13.6 Å². The van der Waals surface area contributed by atoms with Crippen LogP contribution < -0.4 is 15.4 Å². The molecule has 0 radical (unpaired) electrons. The first-order valence-corrected chi connectivity index (χ1v) is 11.1. The summed E-state index contributed by atoms with van der Waals surface area (Å²) in [6.45, 7) is 0.489. The van der Waals surface area contributed by atoms with Gasteiger partial charge in [0, 0.05) is 17.0 Å². The van der Waals surface area contributed by atoms with Crippen molar-refractivity contribution in [3.05, 3.63) is 59.5 Å². The number of halogens is 2. The monoisotopic (exact) mass is 443 g/mol. The fourth-order valence-electron chi connectivity index (χ4n) is 3.76. The molecule has 1 fully saturated rings. The number of aromatic nitrogens is 1. The van der Waals surface area contributed by atoms with Crippen molar-refractivity contribution in [2.75, 3.05) is 11.5 Å². The molecule has 1 aliphatic rings. The summed E-state index contributed by atoms with van der Waals surface area (Å²) in [7, 11) is 0. The number of anilines is 2. The van der Waals surface area contributed by atoms with Crippen LogP contribution in [0.2, 0.25) is 0 Å². The first-order valence-electron chi connectivity index (χ1n) is 10.2. The maximum atomic E-state index is 14.7. The topological polar surface area (TPSA) is 68.5 Å². The molecule has 0 saturated heterocycles. The molecule has 1 aromatic heterocycles. The second-order valence-electron chi connectivity index (χ2n) is 7.63. The summed E-state index contributed by atoms with van der Waals surface area (Å²) in [5, 5.41) is 2.03. The maximum absolute atomic E-state index is 14.7. The van der Waals surface area contributed by atoms with Crippen LogP contribution in [-0.2, 0) is 0 Å². The molecule has 31 heavy (non-hydrogen) atoms. The van der Waals surface area contributed by atoms with Crippen LogP contribution in [0.4, 0.5) is 24.4 Å².